The fraction of sp³-hybridized carbons (Fsp3) is 0.929. The lowest BCUT2D eigenvalue weighted by molar-refractivity contribution is -0.384. The van der Waals surface area contributed by atoms with E-state index in [9.17, 15) is 65.8 Å². The van der Waals surface area contributed by atoms with Crippen LogP contribution >= 0.6 is 0 Å². The summed E-state index contributed by atoms with van der Waals surface area (Å²) in [7, 11) is 0. The average Bonchev–Trinajstić information content (AvgIpc) is 3.06. The van der Waals surface area contributed by atoms with E-state index >= 15 is 0 Å². The number of carbonyl (C=O) groups is 2. The highest BCUT2D eigenvalue weighted by Crippen LogP contribution is 2.34. The Morgan fingerprint density at radius 1 is 0.520 bits per heavy atom. The third-order valence-corrected chi connectivity index (χ3v) is 8.97. The molecule has 0 aromatic heterocycles. The Kier molecular flexibility index (Phi) is 14.2. The summed E-state index contributed by atoms with van der Waals surface area (Å²) in [5, 5.41) is 120. The quantitative estimate of drug-likeness (QED) is 0.0938. The van der Waals surface area contributed by atoms with Gasteiger partial charge >= 0.3 is 0 Å². The van der Waals surface area contributed by atoms with Crippen molar-refractivity contribution >= 4 is 11.8 Å². The molecule has 1 unspecified atom stereocenters. The number of ether oxygens (including phenoxy) is 7. The number of rotatable bonds is 11. The van der Waals surface area contributed by atoms with E-state index in [-0.39, 0.29) is 0 Å². The molecule has 2 amide bonds. The topological polar surface area (TPSA) is 345 Å². The minimum absolute atomic E-state index is 0.693. The Labute approximate surface area is 285 Å². The van der Waals surface area contributed by atoms with Gasteiger partial charge in [-0.2, -0.15) is 0 Å². The predicted octanol–water partition coefficient (Wildman–Crippen LogP) is -8.43. The minimum atomic E-state index is -2.01. The summed E-state index contributed by atoms with van der Waals surface area (Å²) < 4.78 is 39.8. The van der Waals surface area contributed by atoms with E-state index < -0.39 is 154 Å². The Morgan fingerprint density at radius 2 is 0.980 bits per heavy atom. The summed E-state index contributed by atoms with van der Waals surface area (Å²) in [6.45, 7) is 0.957. The van der Waals surface area contributed by atoms with Crippen molar-refractivity contribution in [3.05, 3.63) is 0 Å². The smallest absolute Gasteiger partial charge is 0.217 e. The SMILES string of the molecule is CC(=O)N[C@H]1[C@@H](O[C@H]2[C@@H](O)[C@@H](CO)O[C@H](O[C@H]3[C@@H](O)[C@@H](CO)OC(O)[C@@H]3O[C@@H]3O[C@@H](C)[C@@H](O)[C@@H](O)[C@@H]3O)[C@@H]2NC(C)=O)O[C@H](CO)[C@@H](O)[C@@H]1O. The molecular weight excluding hydrogens is 684 g/mol. The normalized spacial score (nSPS) is 48.5. The van der Waals surface area contributed by atoms with Gasteiger partial charge in [0.05, 0.1) is 25.9 Å². The van der Waals surface area contributed by atoms with Gasteiger partial charge in [0.25, 0.3) is 0 Å². The summed E-state index contributed by atoms with van der Waals surface area (Å²) in [6, 6.07) is -3.10. The van der Waals surface area contributed by atoms with Crippen LogP contribution in [0.5, 0.6) is 0 Å². The molecule has 0 aromatic rings. The van der Waals surface area contributed by atoms with Crippen LogP contribution in [-0.2, 0) is 42.7 Å². The molecule has 20 atom stereocenters. The van der Waals surface area contributed by atoms with Crippen molar-refractivity contribution in [2.45, 2.75) is 143 Å². The summed E-state index contributed by atoms with van der Waals surface area (Å²) in [4.78, 5) is 24.4. The zero-order valence-electron chi connectivity index (χ0n) is 27.3. The molecule has 13 N–H and O–H groups in total. The molecule has 290 valence electrons. The second-order valence-corrected chi connectivity index (χ2v) is 12.6. The molecule has 22 nitrogen and oxygen atoms in total. The molecule has 0 aliphatic carbocycles. The third-order valence-electron chi connectivity index (χ3n) is 8.97. The largest absolute Gasteiger partial charge is 0.394 e. The van der Waals surface area contributed by atoms with E-state index in [4.69, 9.17) is 33.2 Å². The second-order valence-electron chi connectivity index (χ2n) is 12.6. The summed E-state index contributed by atoms with van der Waals surface area (Å²) in [5.41, 5.74) is 0. The average molecular weight is 733 g/mol. The number of carbonyl (C=O) groups excluding carboxylic acids is 2. The molecule has 50 heavy (non-hydrogen) atoms. The number of aliphatic hydroxyl groups excluding tert-OH is 11. The molecule has 4 saturated heterocycles. The van der Waals surface area contributed by atoms with Gasteiger partial charge in [-0.05, 0) is 6.92 Å². The number of aliphatic hydroxyl groups is 11. The van der Waals surface area contributed by atoms with Crippen LogP contribution in [0.15, 0.2) is 0 Å². The van der Waals surface area contributed by atoms with Crippen molar-refractivity contribution in [1.82, 2.24) is 10.6 Å². The summed E-state index contributed by atoms with van der Waals surface area (Å²) in [5.74, 6) is -1.45. The molecular formula is C28H48N2O20. The molecule has 0 spiro atoms. The molecule has 4 aliphatic rings. The standard InChI is InChI=1S/C28H48N2O20/c1-7-15(36)20(41)21(42)28(44-7)50-24-23(18(39)11(5-32)45-25(24)43)49-27-14(30-9(3)35)22(17(38)12(6-33)47-27)48-26-13(29-8(2)34)19(40)16(37)10(4-31)46-26/h7,10-28,31-33,36-43H,4-6H2,1-3H3,(H,29,34)(H,30,35)/t7-,10+,11+,12+,13+,14+,15+,16+,17-,18-,19+,20+,21-,22+,23-,24+,25?,26+,27+,28-/m0/s1. The molecule has 4 fully saturated rings. The van der Waals surface area contributed by atoms with Crippen LogP contribution in [-0.4, -0.2) is 211 Å². The van der Waals surface area contributed by atoms with Crippen LogP contribution in [0, 0.1) is 0 Å². The van der Waals surface area contributed by atoms with Gasteiger partial charge in [-0.1, -0.05) is 0 Å². The summed E-state index contributed by atoms with van der Waals surface area (Å²) >= 11 is 0. The van der Waals surface area contributed by atoms with Crippen molar-refractivity contribution in [2.24, 2.45) is 0 Å². The van der Waals surface area contributed by atoms with E-state index in [1.54, 1.807) is 0 Å². The first-order chi connectivity index (χ1) is 23.5. The molecule has 4 rings (SSSR count). The lowest BCUT2D eigenvalue weighted by Crippen LogP contribution is -2.71. The van der Waals surface area contributed by atoms with Gasteiger partial charge < -0.3 is 100.0 Å². The van der Waals surface area contributed by atoms with Gasteiger partial charge in [0.1, 0.15) is 91.4 Å². The maximum absolute atomic E-state index is 12.5. The maximum Gasteiger partial charge on any atom is 0.217 e. The Morgan fingerprint density at radius 3 is 1.54 bits per heavy atom. The van der Waals surface area contributed by atoms with Gasteiger partial charge in [-0.15, -0.1) is 0 Å². The van der Waals surface area contributed by atoms with Crippen molar-refractivity contribution in [3.63, 3.8) is 0 Å². The van der Waals surface area contributed by atoms with Crippen molar-refractivity contribution in [3.8, 4) is 0 Å². The zero-order valence-corrected chi connectivity index (χ0v) is 27.3. The molecule has 22 heteroatoms. The molecule has 0 radical (unpaired) electrons. The van der Waals surface area contributed by atoms with Crippen molar-refractivity contribution in [2.75, 3.05) is 19.8 Å². The van der Waals surface area contributed by atoms with Crippen LogP contribution in [0.1, 0.15) is 20.8 Å². The van der Waals surface area contributed by atoms with E-state index in [0.29, 0.717) is 0 Å². The first-order valence-corrected chi connectivity index (χ1v) is 15.9. The van der Waals surface area contributed by atoms with E-state index in [1.807, 2.05) is 0 Å². The van der Waals surface area contributed by atoms with Crippen molar-refractivity contribution in [1.29, 1.82) is 0 Å². The zero-order chi connectivity index (χ0) is 37.2. The fourth-order valence-corrected chi connectivity index (χ4v) is 6.27. The molecule has 0 saturated carbocycles. The summed E-state index contributed by atoms with van der Waals surface area (Å²) in [6.07, 6.45) is -30.5. The number of amides is 2. The maximum atomic E-state index is 12.5. The fourth-order valence-electron chi connectivity index (χ4n) is 6.27. The van der Waals surface area contributed by atoms with Crippen molar-refractivity contribution < 1.29 is 98.9 Å². The van der Waals surface area contributed by atoms with Crippen LogP contribution in [0.3, 0.4) is 0 Å². The third kappa shape index (κ3) is 8.70. The molecule has 4 aliphatic heterocycles. The van der Waals surface area contributed by atoms with Gasteiger partial charge in [0.15, 0.2) is 25.2 Å². The predicted molar refractivity (Wildman–Crippen MR) is 156 cm³/mol. The lowest BCUT2D eigenvalue weighted by atomic mass is 9.93. The number of hydrogen-bond acceptors (Lipinski definition) is 20. The Bertz CT molecular complexity index is 1130. The molecule has 0 aromatic carbocycles. The highest BCUT2D eigenvalue weighted by atomic mass is 16.8. The van der Waals surface area contributed by atoms with Crippen LogP contribution < -0.4 is 10.6 Å². The van der Waals surface area contributed by atoms with Crippen LogP contribution in [0.2, 0.25) is 0 Å². The highest BCUT2D eigenvalue weighted by molar-refractivity contribution is 5.73. The first kappa shape index (κ1) is 41.0. The Balaban J connectivity index is 1.68. The van der Waals surface area contributed by atoms with Gasteiger partial charge in [0.2, 0.25) is 11.8 Å². The van der Waals surface area contributed by atoms with E-state index in [1.165, 1.54) is 6.92 Å². The lowest BCUT2D eigenvalue weighted by Gasteiger charge is -2.50. The van der Waals surface area contributed by atoms with Crippen LogP contribution in [0.4, 0.5) is 0 Å². The number of nitrogens with one attached hydrogen (secondary N) is 2. The van der Waals surface area contributed by atoms with Gasteiger partial charge in [-0.25, -0.2) is 0 Å². The first-order valence-electron chi connectivity index (χ1n) is 15.9. The molecule has 4 heterocycles. The van der Waals surface area contributed by atoms with E-state index in [0.717, 1.165) is 13.8 Å². The highest BCUT2D eigenvalue weighted by Gasteiger charge is 2.56. The van der Waals surface area contributed by atoms with Crippen LogP contribution in [0.25, 0.3) is 0 Å². The monoisotopic (exact) mass is 732 g/mol. The minimum Gasteiger partial charge on any atom is -0.394 e. The second kappa shape index (κ2) is 17.4. The molecule has 0 bridgehead atoms. The Hall–Kier alpha value is -1.78. The van der Waals surface area contributed by atoms with Gasteiger partial charge in [0, 0.05) is 13.8 Å². The van der Waals surface area contributed by atoms with Gasteiger partial charge in [-0.3, -0.25) is 9.59 Å². The van der Waals surface area contributed by atoms with E-state index in [2.05, 4.69) is 10.6 Å². The number of hydrogen-bond donors (Lipinski definition) is 13.